The van der Waals surface area contributed by atoms with Gasteiger partial charge >= 0.3 is 0 Å². The van der Waals surface area contributed by atoms with Crippen molar-refractivity contribution in [2.24, 2.45) is 7.05 Å². The monoisotopic (exact) mass is 320 g/mol. The molecule has 7 heteroatoms. The first-order valence-electron chi connectivity index (χ1n) is 7.47. The van der Waals surface area contributed by atoms with E-state index in [1.54, 1.807) is 11.1 Å². The number of nitrogens with zero attached hydrogens (tertiary/aromatic N) is 3. The van der Waals surface area contributed by atoms with Gasteiger partial charge in [0.05, 0.1) is 6.42 Å². The summed E-state index contributed by atoms with van der Waals surface area (Å²) in [5.74, 6) is -0.576. The number of aromatic nitrogens is 2. The molecule has 122 valence electrons. The number of amides is 1. The van der Waals surface area contributed by atoms with Gasteiger partial charge in [0.1, 0.15) is 23.5 Å². The first-order valence-corrected chi connectivity index (χ1v) is 7.47. The number of halogens is 2. The summed E-state index contributed by atoms with van der Waals surface area (Å²) >= 11 is 0. The standard InChI is InChI=1S/C16H18F2N4O/c1-21-6-5-20-16(21)14-10-19-4-7-22(14)15(23)9-11-8-12(17)2-3-13(11)18/h2-3,5-6,8,14,19H,4,7,9-10H2,1H3. The van der Waals surface area contributed by atoms with Crippen LogP contribution in [-0.2, 0) is 18.3 Å². The maximum absolute atomic E-state index is 13.8. The van der Waals surface area contributed by atoms with Gasteiger partial charge in [-0.3, -0.25) is 4.79 Å². The van der Waals surface area contributed by atoms with Crippen molar-refractivity contribution < 1.29 is 13.6 Å². The number of carbonyl (C=O) groups excluding carboxylic acids is 1. The Morgan fingerprint density at radius 1 is 1.43 bits per heavy atom. The van der Waals surface area contributed by atoms with Crippen molar-refractivity contribution in [2.45, 2.75) is 12.5 Å². The fraction of sp³-hybridized carbons (Fsp3) is 0.375. The van der Waals surface area contributed by atoms with Crippen LogP contribution in [0.3, 0.4) is 0 Å². The number of hydrogen-bond acceptors (Lipinski definition) is 3. The molecule has 0 aliphatic carbocycles. The van der Waals surface area contributed by atoms with Gasteiger partial charge in [-0.25, -0.2) is 13.8 Å². The minimum Gasteiger partial charge on any atom is -0.336 e. The van der Waals surface area contributed by atoms with Crippen LogP contribution in [-0.4, -0.2) is 40.0 Å². The first kappa shape index (κ1) is 15.6. The average Bonchev–Trinajstić information content (AvgIpc) is 2.97. The number of piperazine rings is 1. The van der Waals surface area contributed by atoms with Gasteiger partial charge in [0.2, 0.25) is 5.91 Å². The predicted molar refractivity (Wildman–Crippen MR) is 80.6 cm³/mol. The van der Waals surface area contributed by atoms with Crippen molar-refractivity contribution in [3.63, 3.8) is 0 Å². The first-order chi connectivity index (χ1) is 11.1. The molecule has 1 unspecified atom stereocenters. The molecule has 1 amide bonds. The van der Waals surface area contributed by atoms with Crippen molar-refractivity contribution in [1.82, 2.24) is 19.8 Å². The van der Waals surface area contributed by atoms with Crippen LogP contribution < -0.4 is 5.32 Å². The molecule has 0 radical (unpaired) electrons. The molecule has 1 saturated heterocycles. The molecule has 1 aromatic carbocycles. The van der Waals surface area contributed by atoms with Crippen molar-refractivity contribution in [1.29, 1.82) is 0 Å². The maximum Gasteiger partial charge on any atom is 0.227 e. The van der Waals surface area contributed by atoms with Crippen LogP contribution in [0.15, 0.2) is 30.6 Å². The van der Waals surface area contributed by atoms with E-state index in [1.165, 1.54) is 0 Å². The molecular weight excluding hydrogens is 302 g/mol. The van der Waals surface area contributed by atoms with Crippen LogP contribution in [0.25, 0.3) is 0 Å². The SMILES string of the molecule is Cn1ccnc1C1CNCCN1C(=O)Cc1cc(F)ccc1F. The van der Waals surface area contributed by atoms with Gasteiger partial charge in [0, 0.05) is 44.6 Å². The molecule has 0 bridgehead atoms. The molecule has 1 aliphatic rings. The van der Waals surface area contributed by atoms with Gasteiger partial charge in [0.15, 0.2) is 0 Å². The Morgan fingerprint density at radius 3 is 3.00 bits per heavy atom. The largest absolute Gasteiger partial charge is 0.336 e. The van der Waals surface area contributed by atoms with Gasteiger partial charge in [-0.1, -0.05) is 0 Å². The minimum absolute atomic E-state index is 0.0760. The zero-order valence-electron chi connectivity index (χ0n) is 12.8. The summed E-state index contributed by atoms with van der Waals surface area (Å²) in [7, 11) is 1.87. The lowest BCUT2D eigenvalue weighted by Crippen LogP contribution is -2.50. The van der Waals surface area contributed by atoms with E-state index in [0.29, 0.717) is 19.6 Å². The Morgan fingerprint density at radius 2 is 2.26 bits per heavy atom. The number of benzene rings is 1. The number of rotatable bonds is 3. The van der Waals surface area contributed by atoms with E-state index >= 15 is 0 Å². The summed E-state index contributed by atoms with van der Waals surface area (Å²) in [4.78, 5) is 18.6. The number of aryl methyl sites for hydroxylation is 1. The number of carbonyl (C=O) groups is 1. The van der Waals surface area contributed by atoms with E-state index in [1.807, 2.05) is 17.8 Å². The van der Waals surface area contributed by atoms with Crippen LogP contribution in [0, 0.1) is 11.6 Å². The molecule has 1 aromatic heterocycles. The van der Waals surface area contributed by atoms with Crippen LogP contribution in [0.1, 0.15) is 17.4 Å². The molecule has 5 nitrogen and oxygen atoms in total. The molecule has 2 aromatic rings. The van der Waals surface area contributed by atoms with Crippen LogP contribution >= 0.6 is 0 Å². The highest BCUT2D eigenvalue weighted by Crippen LogP contribution is 2.22. The van der Waals surface area contributed by atoms with Crippen LogP contribution in [0.4, 0.5) is 8.78 Å². The molecule has 0 spiro atoms. The second-order valence-electron chi connectivity index (χ2n) is 5.62. The molecule has 3 rings (SSSR count). The Bertz CT molecular complexity index is 716. The van der Waals surface area contributed by atoms with E-state index in [2.05, 4.69) is 10.3 Å². The molecule has 1 N–H and O–H groups in total. The summed E-state index contributed by atoms with van der Waals surface area (Å²) < 4.78 is 28.9. The predicted octanol–water partition coefficient (Wildman–Crippen LogP) is 1.41. The number of hydrogen-bond donors (Lipinski definition) is 1. The lowest BCUT2D eigenvalue weighted by molar-refractivity contribution is -0.134. The Hall–Kier alpha value is -2.28. The fourth-order valence-electron chi connectivity index (χ4n) is 2.87. The summed E-state index contributed by atoms with van der Waals surface area (Å²) in [5.41, 5.74) is 0.0760. The molecular formula is C16H18F2N4O. The summed E-state index contributed by atoms with van der Waals surface area (Å²) in [5, 5.41) is 3.24. The second-order valence-corrected chi connectivity index (χ2v) is 5.62. The van der Waals surface area contributed by atoms with Gasteiger partial charge in [-0.15, -0.1) is 0 Å². The average molecular weight is 320 g/mol. The summed E-state index contributed by atoms with van der Waals surface area (Å²) in [6.07, 6.45) is 3.34. The molecule has 2 heterocycles. The third-order valence-corrected chi connectivity index (χ3v) is 4.07. The third-order valence-electron chi connectivity index (χ3n) is 4.07. The van der Waals surface area contributed by atoms with E-state index in [0.717, 1.165) is 24.0 Å². The maximum atomic E-state index is 13.8. The fourth-order valence-corrected chi connectivity index (χ4v) is 2.87. The lowest BCUT2D eigenvalue weighted by Gasteiger charge is -2.35. The summed E-state index contributed by atoms with van der Waals surface area (Å²) in [6.45, 7) is 1.76. The summed E-state index contributed by atoms with van der Waals surface area (Å²) in [6, 6.07) is 2.95. The Balaban J connectivity index is 1.82. The van der Waals surface area contributed by atoms with Gasteiger partial charge in [-0.2, -0.15) is 0 Å². The molecule has 1 fully saturated rings. The zero-order chi connectivity index (χ0) is 16.4. The number of imidazole rings is 1. The van der Waals surface area contributed by atoms with Gasteiger partial charge in [0.25, 0.3) is 0 Å². The molecule has 23 heavy (non-hydrogen) atoms. The van der Waals surface area contributed by atoms with E-state index in [4.69, 9.17) is 0 Å². The Labute approximate surface area is 132 Å². The van der Waals surface area contributed by atoms with E-state index < -0.39 is 11.6 Å². The normalized spacial score (nSPS) is 18.2. The van der Waals surface area contributed by atoms with Crippen molar-refractivity contribution in [2.75, 3.05) is 19.6 Å². The number of nitrogens with one attached hydrogen (secondary N) is 1. The van der Waals surface area contributed by atoms with E-state index in [-0.39, 0.29) is 23.9 Å². The highest BCUT2D eigenvalue weighted by molar-refractivity contribution is 5.79. The minimum atomic E-state index is -0.566. The zero-order valence-corrected chi connectivity index (χ0v) is 12.8. The van der Waals surface area contributed by atoms with Crippen molar-refractivity contribution in [3.8, 4) is 0 Å². The molecule has 1 atom stereocenters. The van der Waals surface area contributed by atoms with Gasteiger partial charge < -0.3 is 14.8 Å². The second kappa shape index (κ2) is 6.45. The highest BCUT2D eigenvalue weighted by atomic mass is 19.1. The molecule has 1 aliphatic heterocycles. The smallest absolute Gasteiger partial charge is 0.227 e. The van der Waals surface area contributed by atoms with E-state index in [9.17, 15) is 13.6 Å². The topological polar surface area (TPSA) is 50.2 Å². The third kappa shape index (κ3) is 3.24. The van der Waals surface area contributed by atoms with Gasteiger partial charge in [-0.05, 0) is 18.2 Å². The lowest BCUT2D eigenvalue weighted by atomic mass is 10.1. The van der Waals surface area contributed by atoms with Crippen molar-refractivity contribution in [3.05, 3.63) is 53.6 Å². The van der Waals surface area contributed by atoms with Crippen LogP contribution in [0.2, 0.25) is 0 Å². The Kier molecular flexibility index (Phi) is 4.38. The van der Waals surface area contributed by atoms with Crippen molar-refractivity contribution >= 4 is 5.91 Å². The van der Waals surface area contributed by atoms with Crippen LogP contribution in [0.5, 0.6) is 0 Å². The highest BCUT2D eigenvalue weighted by Gasteiger charge is 2.30. The quantitative estimate of drug-likeness (QED) is 0.930. The molecule has 0 saturated carbocycles.